The number of rotatable bonds is 1. The lowest BCUT2D eigenvalue weighted by Gasteiger charge is -2.46. The highest BCUT2D eigenvalue weighted by Gasteiger charge is 2.40. The number of hydrogen-bond acceptors (Lipinski definition) is 3. The van der Waals surface area contributed by atoms with Gasteiger partial charge in [0, 0.05) is 38.3 Å². The Morgan fingerprint density at radius 2 is 1.95 bits per heavy atom. The molecule has 0 unspecified atom stereocenters. The number of carbonyl (C=O) groups excluding carboxylic acids is 1. The molecule has 3 rings (SSSR count). The lowest BCUT2D eigenvalue weighted by Crippen LogP contribution is -2.50. The van der Waals surface area contributed by atoms with Gasteiger partial charge in [0.2, 0.25) is 5.91 Å². The van der Waals surface area contributed by atoms with Crippen molar-refractivity contribution < 1.29 is 9.53 Å². The van der Waals surface area contributed by atoms with Gasteiger partial charge in [-0.25, -0.2) is 0 Å². The molecule has 2 aliphatic heterocycles. The van der Waals surface area contributed by atoms with Crippen molar-refractivity contribution in [1.29, 1.82) is 0 Å². The van der Waals surface area contributed by atoms with Gasteiger partial charge in [0.05, 0.1) is 0 Å². The van der Waals surface area contributed by atoms with Crippen LogP contribution in [0.3, 0.4) is 0 Å². The largest absolute Gasteiger partial charge is 0.381 e. The Kier molecular flexibility index (Phi) is 4.32. The number of amides is 1. The Morgan fingerprint density at radius 3 is 2.70 bits per heavy atom. The number of nitrogens with zero attached hydrogens (tertiary/aromatic N) is 1. The van der Waals surface area contributed by atoms with Crippen LogP contribution in [-0.4, -0.2) is 43.2 Å². The van der Waals surface area contributed by atoms with E-state index in [1.54, 1.807) is 0 Å². The topological polar surface area (TPSA) is 55.6 Å². The molecule has 3 fully saturated rings. The van der Waals surface area contributed by atoms with Crippen molar-refractivity contribution in [3.05, 3.63) is 0 Å². The molecular weight excluding hydrogens is 252 g/mol. The zero-order valence-corrected chi connectivity index (χ0v) is 12.5. The predicted octanol–water partition coefficient (Wildman–Crippen LogP) is 1.92. The summed E-state index contributed by atoms with van der Waals surface area (Å²) in [6.45, 7) is 3.65. The molecule has 0 aromatic rings. The van der Waals surface area contributed by atoms with Crippen LogP contribution in [0.5, 0.6) is 0 Å². The summed E-state index contributed by atoms with van der Waals surface area (Å²) in [7, 11) is 0. The van der Waals surface area contributed by atoms with Gasteiger partial charge in [-0.3, -0.25) is 4.79 Å². The van der Waals surface area contributed by atoms with Gasteiger partial charge in [0.1, 0.15) is 0 Å². The summed E-state index contributed by atoms with van der Waals surface area (Å²) in [5.41, 5.74) is 6.39. The van der Waals surface area contributed by atoms with Crippen LogP contribution in [-0.2, 0) is 9.53 Å². The highest BCUT2D eigenvalue weighted by molar-refractivity contribution is 5.79. The smallest absolute Gasteiger partial charge is 0.225 e. The Morgan fingerprint density at radius 1 is 1.15 bits per heavy atom. The molecule has 0 radical (unpaired) electrons. The van der Waals surface area contributed by atoms with Crippen LogP contribution < -0.4 is 5.73 Å². The predicted molar refractivity (Wildman–Crippen MR) is 78.2 cm³/mol. The first-order valence-electron chi connectivity index (χ1n) is 8.31. The fourth-order valence-electron chi connectivity index (χ4n) is 4.32. The zero-order valence-electron chi connectivity index (χ0n) is 12.5. The van der Waals surface area contributed by atoms with E-state index in [-0.39, 0.29) is 12.0 Å². The first-order valence-corrected chi connectivity index (χ1v) is 8.31. The molecule has 2 heterocycles. The van der Waals surface area contributed by atoms with Crippen molar-refractivity contribution in [2.45, 2.75) is 57.4 Å². The first kappa shape index (κ1) is 14.3. The summed E-state index contributed by atoms with van der Waals surface area (Å²) >= 11 is 0. The molecule has 2 saturated heterocycles. The van der Waals surface area contributed by atoms with Gasteiger partial charge in [-0.15, -0.1) is 0 Å². The number of carbonyl (C=O) groups is 1. The maximum Gasteiger partial charge on any atom is 0.225 e. The van der Waals surface area contributed by atoms with Gasteiger partial charge in [-0.2, -0.15) is 0 Å². The fraction of sp³-hybridized carbons (Fsp3) is 0.938. The third-order valence-corrected chi connectivity index (χ3v) is 5.59. The summed E-state index contributed by atoms with van der Waals surface area (Å²) in [6.07, 6.45) is 8.82. The van der Waals surface area contributed by atoms with Crippen LogP contribution >= 0.6 is 0 Å². The van der Waals surface area contributed by atoms with Crippen LogP contribution in [0, 0.1) is 11.3 Å². The number of hydrogen-bond donors (Lipinski definition) is 1. The van der Waals surface area contributed by atoms with Gasteiger partial charge in [0.25, 0.3) is 0 Å². The monoisotopic (exact) mass is 280 g/mol. The van der Waals surface area contributed by atoms with E-state index < -0.39 is 0 Å². The molecule has 1 aliphatic carbocycles. The highest BCUT2D eigenvalue weighted by Crippen LogP contribution is 2.40. The molecule has 1 spiro atoms. The van der Waals surface area contributed by atoms with E-state index in [1.807, 2.05) is 0 Å². The van der Waals surface area contributed by atoms with E-state index >= 15 is 0 Å². The zero-order chi connectivity index (χ0) is 14.0. The van der Waals surface area contributed by atoms with E-state index in [9.17, 15) is 4.79 Å². The SMILES string of the molecule is N[C@H]1CCC[C@@H](C(=O)N2CCCC3(CCOCC3)C2)C1. The number of likely N-dealkylation sites (tertiary alicyclic amines) is 1. The summed E-state index contributed by atoms with van der Waals surface area (Å²) in [6, 6.07) is 0.236. The Hall–Kier alpha value is -0.610. The van der Waals surface area contributed by atoms with E-state index in [4.69, 9.17) is 10.5 Å². The molecule has 2 atom stereocenters. The van der Waals surface area contributed by atoms with Crippen molar-refractivity contribution in [1.82, 2.24) is 4.90 Å². The van der Waals surface area contributed by atoms with Crippen LogP contribution in [0.2, 0.25) is 0 Å². The third-order valence-electron chi connectivity index (χ3n) is 5.59. The molecule has 4 nitrogen and oxygen atoms in total. The van der Waals surface area contributed by atoms with Crippen molar-refractivity contribution in [2.75, 3.05) is 26.3 Å². The van der Waals surface area contributed by atoms with Gasteiger partial charge < -0.3 is 15.4 Å². The maximum absolute atomic E-state index is 12.8. The average Bonchev–Trinajstić information content (AvgIpc) is 2.47. The Bertz CT molecular complexity index is 347. The summed E-state index contributed by atoms with van der Waals surface area (Å²) in [4.78, 5) is 14.9. The second-order valence-corrected chi connectivity index (χ2v) is 7.10. The molecule has 1 saturated carbocycles. The molecule has 0 bridgehead atoms. The molecule has 3 aliphatic rings. The van der Waals surface area contributed by atoms with E-state index in [2.05, 4.69) is 4.90 Å². The molecular formula is C16H28N2O2. The van der Waals surface area contributed by atoms with Gasteiger partial charge >= 0.3 is 0 Å². The number of piperidine rings is 1. The summed E-state index contributed by atoms with van der Waals surface area (Å²) < 4.78 is 5.50. The fourth-order valence-corrected chi connectivity index (χ4v) is 4.32. The van der Waals surface area contributed by atoms with Crippen molar-refractivity contribution >= 4 is 5.91 Å². The molecule has 20 heavy (non-hydrogen) atoms. The third kappa shape index (κ3) is 3.01. The minimum absolute atomic E-state index is 0.189. The van der Waals surface area contributed by atoms with Crippen LogP contribution in [0.25, 0.3) is 0 Å². The lowest BCUT2D eigenvalue weighted by molar-refractivity contribution is -0.142. The Labute approximate surface area is 122 Å². The second-order valence-electron chi connectivity index (χ2n) is 7.10. The van der Waals surface area contributed by atoms with E-state index in [0.717, 1.165) is 71.2 Å². The van der Waals surface area contributed by atoms with Gasteiger partial charge in [-0.1, -0.05) is 6.42 Å². The molecule has 0 aromatic heterocycles. The second kappa shape index (κ2) is 6.02. The van der Waals surface area contributed by atoms with E-state index in [1.165, 1.54) is 6.42 Å². The number of nitrogens with two attached hydrogens (primary N) is 1. The van der Waals surface area contributed by atoms with Crippen molar-refractivity contribution in [3.8, 4) is 0 Å². The summed E-state index contributed by atoms with van der Waals surface area (Å²) in [5, 5.41) is 0. The lowest BCUT2D eigenvalue weighted by atomic mass is 9.73. The Balaban J connectivity index is 1.62. The van der Waals surface area contributed by atoms with Crippen LogP contribution in [0.4, 0.5) is 0 Å². The molecule has 4 heteroatoms. The van der Waals surface area contributed by atoms with Gasteiger partial charge in [0.15, 0.2) is 0 Å². The van der Waals surface area contributed by atoms with Crippen molar-refractivity contribution in [2.24, 2.45) is 17.1 Å². The van der Waals surface area contributed by atoms with Crippen molar-refractivity contribution in [3.63, 3.8) is 0 Å². The van der Waals surface area contributed by atoms with Gasteiger partial charge in [-0.05, 0) is 50.4 Å². The molecule has 114 valence electrons. The molecule has 1 amide bonds. The summed E-state index contributed by atoms with van der Waals surface area (Å²) in [5.74, 6) is 0.569. The quantitative estimate of drug-likeness (QED) is 0.798. The molecule has 0 aromatic carbocycles. The van der Waals surface area contributed by atoms with Crippen LogP contribution in [0.15, 0.2) is 0 Å². The number of ether oxygens (including phenoxy) is 1. The average molecular weight is 280 g/mol. The normalized spacial score (nSPS) is 34.1. The minimum Gasteiger partial charge on any atom is -0.381 e. The molecule has 2 N–H and O–H groups in total. The first-order chi connectivity index (χ1) is 9.69. The maximum atomic E-state index is 12.8. The standard InChI is InChI=1S/C16H28N2O2/c17-14-4-1-3-13(11-14)15(19)18-8-2-5-16(12-18)6-9-20-10-7-16/h13-14H,1-12,17H2/t13-,14+/m1/s1. The minimum atomic E-state index is 0.189. The highest BCUT2D eigenvalue weighted by atomic mass is 16.5. The van der Waals surface area contributed by atoms with E-state index in [0.29, 0.717) is 11.3 Å². The van der Waals surface area contributed by atoms with Crippen LogP contribution in [0.1, 0.15) is 51.4 Å².